The predicted octanol–water partition coefficient (Wildman–Crippen LogP) is -4.28. The molecule has 0 aromatic heterocycles. The van der Waals surface area contributed by atoms with Crippen molar-refractivity contribution < 1.29 is 112 Å². The Bertz CT molecular complexity index is 130. The van der Waals surface area contributed by atoms with E-state index in [2.05, 4.69) is 59.2 Å². The standard InChI is InChI=1S/2C3H6OS2.2K/c2*1-2-4-3(5)6;;/h2*2H2,1H3,(H,5,6);;/q;;2*+1/p-2. The Labute approximate surface area is 193 Å². The number of rotatable bonds is 2. The van der Waals surface area contributed by atoms with Crippen LogP contribution in [0.1, 0.15) is 13.8 Å². The van der Waals surface area contributed by atoms with Crippen molar-refractivity contribution in [2.45, 2.75) is 13.8 Å². The summed E-state index contributed by atoms with van der Waals surface area (Å²) >= 11 is 17.5. The van der Waals surface area contributed by atoms with Crippen molar-refractivity contribution >= 4 is 58.5 Å². The van der Waals surface area contributed by atoms with Crippen LogP contribution < -0.4 is 103 Å². The third-order valence-electron chi connectivity index (χ3n) is 0.524. The number of thiocarbonyl (C=S) groups is 2. The van der Waals surface area contributed by atoms with Crippen LogP contribution in [0.15, 0.2) is 0 Å². The molecule has 14 heavy (non-hydrogen) atoms. The molecule has 0 radical (unpaired) electrons. The predicted molar refractivity (Wildman–Crippen MR) is 63.2 cm³/mol. The number of ether oxygens (including phenoxy) is 2. The maximum atomic E-state index is 4.59. The fourth-order valence-corrected chi connectivity index (χ4v) is 0.707. The fourth-order valence-electron chi connectivity index (χ4n) is 0.236. The second kappa shape index (κ2) is 21.7. The van der Waals surface area contributed by atoms with Gasteiger partial charge in [-0.3, -0.25) is 0 Å². The van der Waals surface area contributed by atoms with E-state index in [1.165, 1.54) is 0 Å². The van der Waals surface area contributed by atoms with Gasteiger partial charge in [0.2, 0.25) is 0 Å². The normalized spacial score (nSPS) is 6.43. The zero-order chi connectivity index (χ0) is 9.98. The van der Waals surface area contributed by atoms with Crippen molar-refractivity contribution in [3.63, 3.8) is 0 Å². The second-order valence-electron chi connectivity index (χ2n) is 1.37. The summed E-state index contributed by atoms with van der Waals surface area (Å²) in [7, 11) is 0. The molecule has 0 heterocycles. The van der Waals surface area contributed by atoms with Crippen LogP contribution in [0.2, 0.25) is 0 Å². The van der Waals surface area contributed by atoms with Gasteiger partial charge in [0.15, 0.2) is 0 Å². The molecule has 0 fully saturated rings. The summed E-state index contributed by atoms with van der Waals surface area (Å²) in [4.78, 5) is 0. The maximum Gasteiger partial charge on any atom is 1.00 e. The molecule has 0 saturated carbocycles. The van der Waals surface area contributed by atoms with Crippen LogP contribution in [0.5, 0.6) is 0 Å². The van der Waals surface area contributed by atoms with Crippen LogP contribution in [-0.4, -0.2) is 22.0 Å². The van der Waals surface area contributed by atoms with Gasteiger partial charge in [-0.15, -0.1) is 0 Å². The van der Waals surface area contributed by atoms with Crippen LogP contribution >= 0.6 is 24.4 Å². The van der Waals surface area contributed by atoms with Gasteiger partial charge in [-0.05, 0) is 13.8 Å². The molecule has 0 unspecified atom stereocenters. The Morgan fingerprint density at radius 1 is 0.929 bits per heavy atom. The molecule has 0 rings (SSSR count). The first-order valence-electron chi connectivity index (χ1n) is 3.22. The summed E-state index contributed by atoms with van der Waals surface area (Å²) in [6, 6.07) is 0. The van der Waals surface area contributed by atoms with E-state index in [4.69, 9.17) is 0 Å². The smallest absolute Gasteiger partial charge is 0.514 e. The Morgan fingerprint density at radius 3 is 1.14 bits per heavy atom. The molecule has 2 nitrogen and oxygen atoms in total. The Kier molecular flexibility index (Phi) is 40.6. The van der Waals surface area contributed by atoms with Crippen molar-refractivity contribution in [1.29, 1.82) is 0 Å². The average molecular weight is 321 g/mol. The summed E-state index contributed by atoms with van der Waals surface area (Å²) < 4.78 is 9.59. The molecule has 0 aromatic rings. The van der Waals surface area contributed by atoms with Gasteiger partial charge in [0.25, 0.3) is 0 Å². The van der Waals surface area contributed by atoms with Crippen molar-refractivity contribution in [3.05, 3.63) is 0 Å². The van der Waals surface area contributed by atoms with E-state index in [0.29, 0.717) is 13.2 Å². The summed E-state index contributed by atoms with van der Waals surface area (Å²) in [5, 5.41) is 0. The topological polar surface area (TPSA) is 18.5 Å². The minimum absolute atomic E-state index is 0. The number of hydrogen-bond acceptors (Lipinski definition) is 6. The van der Waals surface area contributed by atoms with E-state index in [1.54, 1.807) is 0 Å². The molecule has 0 N–H and O–H groups in total. The van der Waals surface area contributed by atoms with E-state index >= 15 is 0 Å². The van der Waals surface area contributed by atoms with Gasteiger partial charge in [0, 0.05) is 8.77 Å². The molecule has 0 aliphatic heterocycles. The second-order valence-corrected chi connectivity index (χ2v) is 3.37. The Hall–Kier alpha value is 3.49. The SMILES string of the molecule is CCOC(=S)[S-].CCOC(=S)[S-].[K+].[K+]. The first-order valence-corrected chi connectivity index (χ1v) is 4.85. The van der Waals surface area contributed by atoms with Crippen LogP contribution in [0, 0.1) is 0 Å². The minimum atomic E-state index is 0. The summed E-state index contributed by atoms with van der Waals surface area (Å²) in [5.41, 5.74) is 0. The van der Waals surface area contributed by atoms with Crippen molar-refractivity contribution in [1.82, 2.24) is 0 Å². The molecule has 72 valence electrons. The Balaban J connectivity index is -0.0000000625. The zero-order valence-electron chi connectivity index (χ0n) is 8.86. The first kappa shape index (κ1) is 26.1. The fraction of sp³-hybridized carbons (Fsp3) is 0.667. The van der Waals surface area contributed by atoms with Gasteiger partial charge in [0.05, 0.1) is 13.2 Å². The van der Waals surface area contributed by atoms with Gasteiger partial charge in [-0.25, -0.2) is 0 Å². The van der Waals surface area contributed by atoms with E-state index in [9.17, 15) is 0 Å². The van der Waals surface area contributed by atoms with E-state index in [1.807, 2.05) is 13.8 Å². The third-order valence-corrected chi connectivity index (χ3v) is 0.996. The molecule has 0 amide bonds. The molecule has 0 saturated heterocycles. The molecule has 8 heteroatoms. The summed E-state index contributed by atoms with van der Waals surface area (Å²) in [6.45, 7) is 4.86. The van der Waals surface area contributed by atoms with Gasteiger partial charge >= 0.3 is 103 Å². The van der Waals surface area contributed by atoms with Crippen LogP contribution in [-0.2, 0) is 34.7 Å². The van der Waals surface area contributed by atoms with Crippen molar-refractivity contribution in [2.75, 3.05) is 13.2 Å². The van der Waals surface area contributed by atoms with Crippen molar-refractivity contribution in [2.24, 2.45) is 0 Å². The molecule has 0 aliphatic rings. The monoisotopic (exact) mass is 320 g/mol. The Morgan fingerprint density at radius 2 is 1.14 bits per heavy atom. The molecule has 0 atom stereocenters. The largest absolute Gasteiger partial charge is 1.00 e. The maximum absolute atomic E-state index is 4.59. The molecular formula is C6H10K2O2S4. The molecular weight excluding hydrogens is 311 g/mol. The van der Waals surface area contributed by atoms with Crippen LogP contribution in [0.25, 0.3) is 0 Å². The minimum Gasteiger partial charge on any atom is -0.514 e. The van der Waals surface area contributed by atoms with Gasteiger partial charge in [0.1, 0.15) is 0 Å². The summed E-state index contributed by atoms with van der Waals surface area (Å²) in [5.74, 6) is 0. The molecule has 0 aromatic carbocycles. The van der Waals surface area contributed by atoms with Crippen LogP contribution in [0.4, 0.5) is 0 Å². The molecule has 0 aliphatic carbocycles. The third kappa shape index (κ3) is 36.1. The summed E-state index contributed by atoms with van der Waals surface area (Å²) in [6.07, 6.45) is 0. The quantitative estimate of drug-likeness (QED) is 0.289. The van der Waals surface area contributed by atoms with Crippen molar-refractivity contribution in [3.8, 4) is 0 Å². The van der Waals surface area contributed by atoms with E-state index in [0.717, 1.165) is 0 Å². The van der Waals surface area contributed by atoms with Gasteiger partial charge < -0.3 is 59.2 Å². The molecule has 0 bridgehead atoms. The van der Waals surface area contributed by atoms with Gasteiger partial charge in [-0.2, -0.15) is 0 Å². The van der Waals surface area contributed by atoms with E-state index in [-0.39, 0.29) is 112 Å². The van der Waals surface area contributed by atoms with Gasteiger partial charge in [-0.1, -0.05) is 0 Å². The average Bonchev–Trinajstić information content (AvgIpc) is 1.87. The molecule has 0 spiro atoms. The van der Waals surface area contributed by atoms with Crippen LogP contribution in [0.3, 0.4) is 0 Å². The first-order chi connectivity index (χ1) is 5.54. The van der Waals surface area contributed by atoms with E-state index < -0.39 is 0 Å². The number of hydrogen-bond donors (Lipinski definition) is 0. The zero-order valence-corrected chi connectivity index (χ0v) is 18.4.